The highest BCUT2D eigenvalue weighted by molar-refractivity contribution is 5.24. The van der Waals surface area contributed by atoms with Gasteiger partial charge in [-0.05, 0) is 46.1 Å². The molecule has 0 saturated heterocycles. The molecule has 1 unspecified atom stereocenters. The topological polar surface area (TPSA) is 39.1 Å². The van der Waals surface area contributed by atoms with E-state index >= 15 is 0 Å². The third-order valence-electron chi connectivity index (χ3n) is 4.05. The molecule has 1 heterocycles. The van der Waals surface area contributed by atoms with Crippen LogP contribution in [0.25, 0.3) is 0 Å². The fraction of sp³-hybridized carbons (Fsp3) is 0.786. The molecule has 0 radical (unpaired) electrons. The second kappa shape index (κ2) is 5.41. The van der Waals surface area contributed by atoms with E-state index < -0.39 is 0 Å². The fourth-order valence-corrected chi connectivity index (χ4v) is 2.57. The van der Waals surface area contributed by atoms with E-state index in [1.54, 1.807) is 7.11 Å². The Kier molecular flexibility index (Phi) is 4.07. The fourth-order valence-electron chi connectivity index (χ4n) is 2.57. The van der Waals surface area contributed by atoms with E-state index in [-0.39, 0.29) is 5.60 Å². The van der Waals surface area contributed by atoms with E-state index in [2.05, 4.69) is 24.3 Å². The molecule has 1 atom stereocenters. The summed E-state index contributed by atoms with van der Waals surface area (Å²) in [6, 6.07) is 0.468. The standard InChI is InChI=1S/C14H25N3O/c1-14(2,18-4)8-9-15-12-6-5-7-13-11(12)10-16-17(13)3/h10,12,15H,5-9H2,1-4H3. The Bertz CT molecular complexity index is 398. The van der Waals surface area contributed by atoms with Crippen molar-refractivity contribution in [2.24, 2.45) is 7.05 Å². The van der Waals surface area contributed by atoms with Gasteiger partial charge in [0.05, 0.1) is 11.8 Å². The third kappa shape index (κ3) is 2.93. The van der Waals surface area contributed by atoms with Crippen molar-refractivity contribution in [2.75, 3.05) is 13.7 Å². The maximum atomic E-state index is 5.44. The van der Waals surface area contributed by atoms with Gasteiger partial charge < -0.3 is 10.1 Å². The normalized spacial score (nSPS) is 19.9. The molecule has 1 aliphatic rings. The van der Waals surface area contributed by atoms with Crippen LogP contribution in [0.1, 0.15) is 50.4 Å². The molecule has 0 aliphatic heterocycles. The number of ether oxygens (including phenoxy) is 1. The number of aromatic nitrogens is 2. The van der Waals surface area contributed by atoms with Gasteiger partial charge >= 0.3 is 0 Å². The van der Waals surface area contributed by atoms with E-state index in [4.69, 9.17) is 4.74 Å². The number of methoxy groups -OCH3 is 1. The smallest absolute Gasteiger partial charge is 0.0634 e. The highest BCUT2D eigenvalue weighted by Gasteiger charge is 2.23. The van der Waals surface area contributed by atoms with Crippen molar-refractivity contribution in [2.45, 2.75) is 51.2 Å². The van der Waals surface area contributed by atoms with Gasteiger partial charge in [-0.1, -0.05) is 0 Å². The molecule has 0 fully saturated rings. The number of hydrogen-bond acceptors (Lipinski definition) is 3. The van der Waals surface area contributed by atoms with Crippen LogP contribution in [0.15, 0.2) is 6.20 Å². The summed E-state index contributed by atoms with van der Waals surface area (Å²) in [7, 11) is 3.81. The van der Waals surface area contributed by atoms with E-state index in [9.17, 15) is 0 Å². The molecule has 0 spiro atoms. The highest BCUT2D eigenvalue weighted by atomic mass is 16.5. The van der Waals surface area contributed by atoms with Crippen molar-refractivity contribution < 1.29 is 4.74 Å². The molecule has 4 heteroatoms. The zero-order chi connectivity index (χ0) is 13.2. The Labute approximate surface area is 110 Å². The van der Waals surface area contributed by atoms with E-state index in [1.807, 2.05) is 17.9 Å². The number of rotatable bonds is 5. The van der Waals surface area contributed by atoms with Crippen molar-refractivity contribution in [3.8, 4) is 0 Å². The Hall–Kier alpha value is -0.870. The van der Waals surface area contributed by atoms with Crippen LogP contribution in [0.5, 0.6) is 0 Å². The quantitative estimate of drug-likeness (QED) is 0.872. The average molecular weight is 251 g/mol. The Balaban J connectivity index is 1.92. The highest BCUT2D eigenvalue weighted by Crippen LogP contribution is 2.29. The summed E-state index contributed by atoms with van der Waals surface area (Å²) >= 11 is 0. The van der Waals surface area contributed by atoms with E-state index in [0.29, 0.717) is 6.04 Å². The van der Waals surface area contributed by atoms with Gasteiger partial charge in [-0.15, -0.1) is 0 Å². The SMILES string of the molecule is COC(C)(C)CCNC1CCCc2c1cnn2C. The Morgan fingerprint density at radius 3 is 3.06 bits per heavy atom. The summed E-state index contributed by atoms with van der Waals surface area (Å²) in [5.74, 6) is 0. The predicted octanol–water partition coefficient (Wildman–Crippen LogP) is 2.20. The molecular weight excluding hydrogens is 226 g/mol. The number of nitrogens with one attached hydrogen (secondary N) is 1. The van der Waals surface area contributed by atoms with Crippen molar-refractivity contribution in [1.29, 1.82) is 0 Å². The summed E-state index contributed by atoms with van der Waals surface area (Å²) in [6.45, 7) is 5.25. The Morgan fingerprint density at radius 2 is 2.33 bits per heavy atom. The molecular formula is C14H25N3O. The van der Waals surface area contributed by atoms with Crippen LogP contribution in [0.3, 0.4) is 0 Å². The van der Waals surface area contributed by atoms with Gasteiger partial charge in [0.15, 0.2) is 0 Å². The molecule has 102 valence electrons. The van der Waals surface area contributed by atoms with Crippen LogP contribution in [0.4, 0.5) is 0 Å². The largest absolute Gasteiger partial charge is 0.379 e. The number of aryl methyl sites for hydroxylation is 1. The minimum Gasteiger partial charge on any atom is -0.379 e. The van der Waals surface area contributed by atoms with Gasteiger partial charge in [0.2, 0.25) is 0 Å². The molecule has 18 heavy (non-hydrogen) atoms. The lowest BCUT2D eigenvalue weighted by molar-refractivity contribution is 0.0152. The zero-order valence-electron chi connectivity index (χ0n) is 12.0. The summed E-state index contributed by atoms with van der Waals surface area (Å²) < 4.78 is 7.46. The monoisotopic (exact) mass is 251 g/mol. The van der Waals surface area contributed by atoms with Gasteiger partial charge in [0, 0.05) is 31.5 Å². The number of fused-ring (bicyclic) bond motifs is 1. The van der Waals surface area contributed by atoms with Crippen LogP contribution in [0, 0.1) is 0 Å². The maximum absolute atomic E-state index is 5.44. The van der Waals surface area contributed by atoms with Gasteiger partial charge in [-0.25, -0.2) is 0 Å². The second-order valence-corrected chi connectivity index (χ2v) is 5.78. The molecule has 1 aromatic rings. The first-order valence-corrected chi connectivity index (χ1v) is 6.83. The summed E-state index contributed by atoms with van der Waals surface area (Å²) in [5, 5.41) is 8.02. The lowest BCUT2D eigenvalue weighted by Crippen LogP contribution is -2.32. The minimum atomic E-state index is -0.0422. The van der Waals surface area contributed by atoms with Crippen molar-refractivity contribution in [1.82, 2.24) is 15.1 Å². The van der Waals surface area contributed by atoms with Crippen LogP contribution in [-0.4, -0.2) is 29.0 Å². The molecule has 0 amide bonds. The summed E-state index contributed by atoms with van der Waals surface area (Å²) in [6.07, 6.45) is 6.67. The predicted molar refractivity (Wildman–Crippen MR) is 72.6 cm³/mol. The molecule has 1 aromatic heterocycles. The molecule has 1 N–H and O–H groups in total. The zero-order valence-corrected chi connectivity index (χ0v) is 12.0. The number of hydrogen-bond donors (Lipinski definition) is 1. The molecule has 0 aromatic carbocycles. The second-order valence-electron chi connectivity index (χ2n) is 5.78. The first-order chi connectivity index (χ1) is 8.53. The first kappa shape index (κ1) is 13.6. The lowest BCUT2D eigenvalue weighted by Gasteiger charge is -2.27. The Morgan fingerprint density at radius 1 is 1.56 bits per heavy atom. The van der Waals surface area contributed by atoms with E-state index in [1.165, 1.54) is 24.1 Å². The van der Waals surface area contributed by atoms with Crippen LogP contribution >= 0.6 is 0 Å². The van der Waals surface area contributed by atoms with Gasteiger partial charge in [-0.2, -0.15) is 5.10 Å². The van der Waals surface area contributed by atoms with Crippen LogP contribution in [0.2, 0.25) is 0 Å². The van der Waals surface area contributed by atoms with Crippen molar-refractivity contribution in [3.63, 3.8) is 0 Å². The van der Waals surface area contributed by atoms with Gasteiger partial charge in [0.1, 0.15) is 0 Å². The van der Waals surface area contributed by atoms with Crippen molar-refractivity contribution >= 4 is 0 Å². The number of nitrogens with zero attached hydrogens (tertiary/aromatic N) is 2. The molecule has 2 rings (SSSR count). The van der Waals surface area contributed by atoms with Crippen molar-refractivity contribution in [3.05, 3.63) is 17.5 Å². The van der Waals surface area contributed by atoms with Gasteiger partial charge in [-0.3, -0.25) is 4.68 Å². The average Bonchev–Trinajstić information content (AvgIpc) is 2.72. The molecule has 0 saturated carbocycles. The summed E-state index contributed by atoms with van der Waals surface area (Å²) in [5.41, 5.74) is 2.74. The molecule has 4 nitrogen and oxygen atoms in total. The van der Waals surface area contributed by atoms with Crippen LogP contribution < -0.4 is 5.32 Å². The lowest BCUT2D eigenvalue weighted by atomic mass is 9.92. The van der Waals surface area contributed by atoms with E-state index in [0.717, 1.165) is 19.4 Å². The van der Waals surface area contributed by atoms with Gasteiger partial charge in [0.25, 0.3) is 0 Å². The summed E-state index contributed by atoms with van der Waals surface area (Å²) in [4.78, 5) is 0. The molecule has 1 aliphatic carbocycles. The first-order valence-electron chi connectivity index (χ1n) is 6.83. The third-order valence-corrected chi connectivity index (χ3v) is 4.05. The maximum Gasteiger partial charge on any atom is 0.0634 e. The van der Waals surface area contributed by atoms with Crippen LogP contribution in [-0.2, 0) is 18.2 Å². The minimum absolute atomic E-state index is 0.0422. The molecule has 0 bridgehead atoms.